The molecule has 1 aromatic rings. The topological polar surface area (TPSA) is 66.6 Å². The van der Waals surface area contributed by atoms with E-state index in [2.05, 4.69) is 0 Å². The quantitative estimate of drug-likeness (QED) is 0.647. The second-order valence-electron chi connectivity index (χ2n) is 8.05. The van der Waals surface area contributed by atoms with Gasteiger partial charge in [-0.1, -0.05) is 45.0 Å². The highest BCUT2D eigenvalue weighted by atomic mass is 19.4. The van der Waals surface area contributed by atoms with E-state index in [-0.39, 0.29) is 18.4 Å². The summed E-state index contributed by atoms with van der Waals surface area (Å²) in [5, 5.41) is 0. The van der Waals surface area contributed by atoms with Crippen molar-refractivity contribution in [3.63, 3.8) is 0 Å². The molecule has 0 aromatic heterocycles. The maximum Gasteiger partial charge on any atom is 0.471 e. The van der Waals surface area contributed by atoms with Crippen molar-refractivity contribution in [3.05, 3.63) is 42.0 Å². The smallest absolute Gasteiger partial charge is 0.327 e. The molecule has 2 atom stereocenters. The van der Waals surface area contributed by atoms with Crippen molar-refractivity contribution in [1.29, 1.82) is 0 Å². The first-order chi connectivity index (χ1) is 14.0. The Morgan fingerprint density at radius 3 is 2.53 bits per heavy atom. The summed E-state index contributed by atoms with van der Waals surface area (Å²) in [6.45, 7) is 5.76. The van der Waals surface area contributed by atoms with Gasteiger partial charge in [0.05, 0.1) is 6.04 Å². The standard InChI is InChI=1S/C22H30F3N3O2/c1-4-17(26)14-28(21(30)22(23,24)25)18(13-15(2)3)9-10-20(29)27-12-11-16-7-5-6-8-19(16)27/h5-10,15,17-18H,4,11-14,26H2,1-3H3/b10-9+/t17-,18+/m0/s1. The highest BCUT2D eigenvalue weighted by Gasteiger charge is 2.44. The van der Waals surface area contributed by atoms with Crippen molar-refractivity contribution >= 4 is 17.5 Å². The Kier molecular flexibility index (Phi) is 8.06. The summed E-state index contributed by atoms with van der Waals surface area (Å²) in [4.78, 5) is 27.2. The highest BCUT2D eigenvalue weighted by molar-refractivity contribution is 6.03. The number of nitrogens with two attached hydrogens (primary N) is 1. The van der Waals surface area contributed by atoms with Gasteiger partial charge < -0.3 is 15.5 Å². The lowest BCUT2D eigenvalue weighted by atomic mass is 10.0. The summed E-state index contributed by atoms with van der Waals surface area (Å²) in [5.74, 6) is -2.22. The van der Waals surface area contributed by atoms with Crippen LogP contribution in [0.5, 0.6) is 0 Å². The van der Waals surface area contributed by atoms with Crippen LogP contribution in [0.4, 0.5) is 18.9 Å². The molecule has 166 valence electrons. The van der Waals surface area contributed by atoms with Crippen LogP contribution in [0.3, 0.4) is 0 Å². The number of fused-ring (bicyclic) bond motifs is 1. The maximum atomic E-state index is 13.2. The normalized spacial score (nSPS) is 16.1. The number of benzene rings is 1. The van der Waals surface area contributed by atoms with Crippen LogP contribution < -0.4 is 10.6 Å². The lowest BCUT2D eigenvalue weighted by Crippen LogP contribution is -2.51. The third-order valence-corrected chi connectivity index (χ3v) is 5.19. The predicted octanol–water partition coefficient (Wildman–Crippen LogP) is 3.67. The van der Waals surface area contributed by atoms with Gasteiger partial charge in [0.25, 0.3) is 5.91 Å². The number of amides is 2. The molecule has 0 radical (unpaired) electrons. The van der Waals surface area contributed by atoms with Gasteiger partial charge >= 0.3 is 12.1 Å². The van der Waals surface area contributed by atoms with Crippen LogP contribution >= 0.6 is 0 Å². The van der Waals surface area contributed by atoms with Crippen LogP contribution in [0.2, 0.25) is 0 Å². The molecule has 2 amide bonds. The van der Waals surface area contributed by atoms with E-state index < -0.39 is 24.2 Å². The average molecular weight is 425 g/mol. The molecule has 1 heterocycles. The van der Waals surface area contributed by atoms with Crippen LogP contribution in [-0.2, 0) is 16.0 Å². The third-order valence-electron chi connectivity index (χ3n) is 5.19. The van der Waals surface area contributed by atoms with Gasteiger partial charge in [0, 0.05) is 30.9 Å². The molecule has 1 aromatic carbocycles. The van der Waals surface area contributed by atoms with Crippen LogP contribution in [0.15, 0.2) is 36.4 Å². The van der Waals surface area contributed by atoms with Gasteiger partial charge in [-0.2, -0.15) is 13.2 Å². The van der Waals surface area contributed by atoms with Gasteiger partial charge in [-0.15, -0.1) is 0 Å². The Bertz CT molecular complexity index is 777. The van der Waals surface area contributed by atoms with Gasteiger partial charge in [0.2, 0.25) is 0 Å². The lowest BCUT2D eigenvalue weighted by molar-refractivity contribution is -0.187. The Balaban J connectivity index is 2.27. The molecular formula is C22H30F3N3O2. The Hall–Kier alpha value is -2.35. The second-order valence-corrected chi connectivity index (χ2v) is 8.05. The van der Waals surface area contributed by atoms with Crippen molar-refractivity contribution in [2.24, 2.45) is 11.7 Å². The molecule has 1 aliphatic heterocycles. The van der Waals surface area contributed by atoms with Gasteiger partial charge in [-0.3, -0.25) is 9.59 Å². The van der Waals surface area contributed by atoms with E-state index in [1.165, 1.54) is 12.2 Å². The second kappa shape index (κ2) is 10.1. The third kappa shape index (κ3) is 6.08. The summed E-state index contributed by atoms with van der Waals surface area (Å²) in [7, 11) is 0. The van der Waals surface area contributed by atoms with Gasteiger partial charge in [-0.05, 0) is 36.8 Å². The van der Waals surface area contributed by atoms with E-state index >= 15 is 0 Å². The largest absolute Gasteiger partial charge is 0.471 e. The fraction of sp³-hybridized carbons (Fsp3) is 0.545. The molecule has 8 heteroatoms. The number of anilines is 1. The van der Waals surface area contributed by atoms with Crippen molar-refractivity contribution in [3.8, 4) is 0 Å². The predicted molar refractivity (Wildman–Crippen MR) is 111 cm³/mol. The zero-order valence-corrected chi connectivity index (χ0v) is 17.7. The molecule has 0 saturated carbocycles. The van der Waals surface area contributed by atoms with Crippen LogP contribution in [-0.4, -0.2) is 48.1 Å². The molecule has 30 heavy (non-hydrogen) atoms. The molecule has 0 spiro atoms. The molecule has 5 nitrogen and oxygen atoms in total. The number of halogens is 3. The summed E-state index contributed by atoms with van der Waals surface area (Å²) in [6, 6.07) is 6.08. The first-order valence-electron chi connectivity index (χ1n) is 10.3. The molecule has 0 fully saturated rings. The van der Waals surface area contributed by atoms with E-state index in [1.807, 2.05) is 38.1 Å². The first kappa shape index (κ1) is 23.9. The molecule has 0 bridgehead atoms. The monoisotopic (exact) mass is 425 g/mol. The fourth-order valence-corrected chi connectivity index (χ4v) is 3.56. The number of hydrogen-bond donors (Lipinski definition) is 1. The minimum Gasteiger partial charge on any atom is -0.327 e. The summed E-state index contributed by atoms with van der Waals surface area (Å²) in [5.41, 5.74) is 7.74. The Morgan fingerprint density at radius 1 is 1.27 bits per heavy atom. The Labute approximate surface area is 175 Å². The minimum atomic E-state index is -5.01. The number of nitrogens with zero attached hydrogens (tertiary/aromatic N) is 2. The molecule has 2 rings (SSSR count). The van der Waals surface area contributed by atoms with Crippen LogP contribution in [0.1, 0.15) is 39.2 Å². The van der Waals surface area contributed by atoms with E-state index in [0.29, 0.717) is 19.4 Å². The number of alkyl halides is 3. The lowest BCUT2D eigenvalue weighted by Gasteiger charge is -2.33. The maximum absolute atomic E-state index is 13.2. The fourth-order valence-electron chi connectivity index (χ4n) is 3.56. The van der Waals surface area contributed by atoms with Crippen molar-refractivity contribution in [2.45, 2.75) is 58.3 Å². The first-order valence-corrected chi connectivity index (χ1v) is 10.3. The van der Waals surface area contributed by atoms with Gasteiger partial charge in [0.1, 0.15) is 0 Å². The number of rotatable bonds is 8. The Morgan fingerprint density at radius 2 is 1.93 bits per heavy atom. The van der Waals surface area contributed by atoms with Crippen molar-refractivity contribution in [1.82, 2.24) is 4.90 Å². The highest BCUT2D eigenvalue weighted by Crippen LogP contribution is 2.28. The molecule has 0 saturated heterocycles. The molecule has 0 unspecified atom stereocenters. The SMILES string of the molecule is CC[C@H](N)CN(C(=O)C(F)(F)F)[C@H](/C=C/C(=O)N1CCc2ccccc21)CC(C)C. The summed E-state index contributed by atoms with van der Waals surface area (Å²) in [6.07, 6.45) is -0.857. The molecular weight excluding hydrogens is 395 g/mol. The number of para-hydroxylation sites is 1. The van der Waals surface area contributed by atoms with E-state index in [1.54, 1.807) is 11.8 Å². The van der Waals surface area contributed by atoms with E-state index in [4.69, 9.17) is 5.73 Å². The van der Waals surface area contributed by atoms with E-state index in [0.717, 1.165) is 22.6 Å². The van der Waals surface area contributed by atoms with Crippen molar-refractivity contribution < 1.29 is 22.8 Å². The number of hydrogen-bond acceptors (Lipinski definition) is 3. The summed E-state index contributed by atoms with van der Waals surface area (Å²) >= 11 is 0. The van der Waals surface area contributed by atoms with E-state index in [9.17, 15) is 22.8 Å². The summed E-state index contributed by atoms with van der Waals surface area (Å²) < 4.78 is 39.7. The molecule has 2 N–H and O–H groups in total. The zero-order chi connectivity index (χ0) is 22.5. The average Bonchev–Trinajstić information content (AvgIpc) is 3.11. The zero-order valence-electron chi connectivity index (χ0n) is 17.7. The number of carbonyl (C=O) groups excluding carboxylic acids is 2. The molecule has 1 aliphatic rings. The van der Waals surface area contributed by atoms with Crippen LogP contribution in [0.25, 0.3) is 0 Å². The van der Waals surface area contributed by atoms with Crippen LogP contribution in [0, 0.1) is 5.92 Å². The molecule has 0 aliphatic carbocycles. The minimum absolute atomic E-state index is 0.0173. The van der Waals surface area contributed by atoms with Gasteiger partial charge in [-0.25, -0.2) is 0 Å². The number of carbonyl (C=O) groups is 2. The van der Waals surface area contributed by atoms with Gasteiger partial charge in [0.15, 0.2) is 0 Å². The van der Waals surface area contributed by atoms with Crippen molar-refractivity contribution in [2.75, 3.05) is 18.0 Å².